The van der Waals surface area contributed by atoms with Crippen LogP contribution in [0.1, 0.15) is 51.3 Å². The van der Waals surface area contributed by atoms with Crippen LogP contribution in [-0.4, -0.2) is 23.9 Å². The van der Waals surface area contributed by atoms with E-state index in [4.69, 9.17) is 0 Å². The van der Waals surface area contributed by atoms with Crippen molar-refractivity contribution in [1.29, 1.82) is 0 Å². The summed E-state index contributed by atoms with van der Waals surface area (Å²) in [6.07, 6.45) is 0. The lowest BCUT2D eigenvalue weighted by atomic mass is 10.1. The molecule has 0 heterocycles. The number of carbonyl (C=O) groups excluding carboxylic acids is 2. The molecule has 0 atom stereocenters. The first-order chi connectivity index (χ1) is 8.40. The van der Waals surface area contributed by atoms with E-state index in [0.29, 0.717) is 11.1 Å². The van der Waals surface area contributed by atoms with Crippen LogP contribution < -0.4 is 10.6 Å². The maximum atomic E-state index is 11.7. The molecular weight excluding hydrogens is 228 g/mol. The summed E-state index contributed by atoms with van der Waals surface area (Å²) in [5.74, 6) is -0.248. The van der Waals surface area contributed by atoms with E-state index < -0.39 is 0 Å². The van der Waals surface area contributed by atoms with Crippen LogP contribution in [0.4, 0.5) is 0 Å². The average Bonchev–Trinajstić information content (AvgIpc) is 2.27. The lowest BCUT2D eigenvalue weighted by Gasteiger charge is -2.10. The molecule has 1 rings (SSSR count). The Hall–Kier alpha value is -1.84. The van der Waals surface area contributed by atoms with E-state index in [2.05, 4.69) is 10.6 Å². The zero-order valence-corrected chi connectivity index (χ0v) is 11.3. The number of hydrogen-bond donors (Lipinski definition) is 2. The van der Waals surface area contributed by atoms with Crippen molar-refractivity contribution in [2.45, 2.75) is 39.8 Å². The minimum atomic E-state index is -0.124. The smallest absolute Gasteiger partial charge is 0.251 e. The summed E-state index contributed by atoms with van der Waals surface area (Å²) in [5.41, 5.74) is 1.12. The molecule has 2 N–H and O–H groups in total. The molecule has 0 fully saturated rings. The van der Waals surface area contributed by atoms with Crippen molar-refractivity contribution in [3.8, 4) is 0 Å². The molecule has 0 radical (unpaired) electrons. The van der Waals surface area contributed by atoms with Gasteiger partial charge in [0.2, 0.25) is 0 Å². The third kappa shape index (κ3) is 4.20. The molecule has 4 heteroatoms. The molecule has 0 aliphatic rings. The standard InChI is InChI=1S/C14H20N2O2.2H2/c1-9(2)15-13(17)11-5-7-12(8-6-11)14(18)16-10(3)4;;/h5-10H,1-4H3,(H,15,17)(H,16,18);2*1H. The number of carbonyl (C=O) groups is 2. The molecule has 0 saturated carbocycles. The zero-order valence-electron chi connectivity index (χ0n) is 11.3. The topological polar surface area (TPSA) is 58.2 Å². The van der Waals surface area contributed by atoms with Gasteiger partial charge in [0.1, 0.15) is 0 Å². The van der Waals surface area contributed by atoms with Gasteiger partial charge in [-0.05, 0) is 52.0 Å². The minimum absolute atomic E-state index is 0. The van der Waals surface area contributed by atoms with Crippen molar-refractivity contribution < 1.29 is 12.4 Å². The molecule has 0 spiro atoms. The van der Waals surface area contributed by atoms with Crippen LogP contribution in [-0.2, 0) is 0 Å². The highest BCUT2D eigenvalue weighted by Gasteiger charge is 2.10. The van der Waals surface area contributed by atoms with Gasteiger partial charge >= 0.3 is 0 Å². The van der Waals surface area contributed by atoms with E-state index in [9.17, 15) is 9.59 Å². The Balaban J connectivity index is 0. The fourth-order valence-corrected chi connectivity index (χ4v) is 1.46. The lowest BCUT2D eigenvalue weighted by Crippen LogP contribution is -2.31. The first kappa shape index (κ1) is 14.2. The number of benzene rings is 1. The second-order valence-corrected chi connectivity index (χ2v) is 4.83. The quantitative estimate of drug-likeness (QED) is 0.864. The molecule has 0 aliphatic heterocycles. The summed E-state index contributed by atoms with van der Waals surface area (Å²) in [4.78, 5) is 23.4. The zero-order chi connectivity index (χ0) is 13.7. The van der Waals surface area contributed by atoms with Crippen molar-refractivity contribution in [2.75, 3.05) is 0 Å². The van der Waals surface area contributed by atoms with Crippen LogP contribution in [0.3, 0.4) is 0 Å². The Labute approximate surface area is 111 Å². The van der Waals surface area contributed by atoms with Gasteiger partial charge in [-0.25, -0.2) is 0 Å². The predicted octanol–water partition coefficient (Wildman–Crippen LogP) is 2.46. The van der Waals surface area contributed by atoms with E-state index in [1.807, 2.05) is 27.7 Å². The largest absolute Gasteiger partial charge is 0.350 e. The first-order valence-electron chi connectivity index (χ1n) is 6.12. The maximum absolute atomic E-state index is 11.7. The molecule has 0 aliphatic carbocycles. The van der Waals surface area contributed by atoms with E-state index in [1.54, 1.807) is 24.3 Å². The molecule has 0 unspecified atom stereocenters. The minimum Gasteiger partial charge on any atom is -0.350 e. The molecule has 1 aromatic carbocycles. The van der Waals surface area contributed by atoms with Crippen LogP contribution in [0.5, 0.6) is 0 Å². The van der Waals surface area contributed by atoms with Crippen LogP contribution in [0.25, 0.3) is 0 Å². The fraction of sp³-hybridized carbons (Fsp3) is 0.429. The van der Waals surface area contributed by atoms with Gasteiger partial charge in [-0.3, -0.25) is 9.59 Å². The predicted molar refractivity (Wildman–Crippen MR) is 75.9 cm³/mol. The van der Waals surface area contributed by atoms with Gasteiger partial charge in [0.05, 0.1) is 0 Å². The van der Waals surface area contributed by atoms with Gasteiger partial charge in [0.15, 0.2) is 0 Å². The summed E-state index contributed by atoms with van der Waals surface area (Å²) in [6, 6.07) is 6.84. The first-order valence-corrected chi connectivity index (χ1v) is 6.12. The maximum Gasteiger partial charge on any atom is 0.251 e. The van der Waals surface area contributed by atoms with E-state index >= 15 is 0 Å². The van der Waals surface area contributed by atoms with Crippen LogP contribution in [0.15, 0.2) is 24.3 Å². The number of amides is 2. The lowest BCUT2D eigenvalue weighted by molar-refractivity contribution is 0.0930. The third-order valence-electron chi connectivity index (χ3n) is 2.25. The van der Waals surface area contributed by atoms with E-state index in [-0.39, 0.29) is 26.8 Å². The van der Waals surface area contributed by atoms with Crippen LogP contribution >= 0.6 is 0 Å². The second-order valence-electron chi connectivity index (χ2n) is 4.83. The Morgan fingerprint density at radius 2 is 1.11 bits per heavy atom. The van der Waals surface area contributed by atoms with Gasteiger partial charge < -0.3 is 10.6 Å². The summed E-state index contributed by atoms with van der Waals surface area (Å²) in [5, 5.41) is 5.60. The summed E-state index contributed by atoms with van der Waals surface area (Å²) < 4.78 is 0. The molecule has 102 valence electrons. The Kier molecular flexibility index (Phi) is 4.89. The van der Waals surface area contributed by atoms with Crippen LogP contribution in [0, 0.1) is 0 Å². The molecular formula is C14H24N2O2. The summed E-state index contributed by atoms with van der Waals surface area (Å²) in [7, 11) is 0. The second kappa shape index (κ2) is 6.19. The molecule has 18 heavy (non-hydrogen) atoms. The van der Waals surface area contributed by atoms with Gasteiger partial charge in [0, 0.05) is 26.1 Å². The fourth-order valence-electron chi connectivity index (χ4n) is 1.46. The highest BCUT2D eigenvalue weighted by Crippen LogP contribution is 2.05. The summed E-state index contributed by atoms with van der Waals surface area (Å²) in [6.45, 7) is 7.62. The Bertz CT molecular complexity index is 390. The van der Waals surface area contributed by atoms with Crippen molar-refractivity contribution >= 4 is 11.8 Å². The number of hydrogen-bond acceptors (Lipinski definition) is 2. The monoisotopic (exact) mass is 252 g/mol. The Morgan fingerprint density at radius 3 is 1.33 bits per heavy atom. The third-order valence-corrected chi connectivity index (χ3v) is 2.25. The highest BCUT2D eigenvalue weighted by molar-refractivity contribution is 5.97. The SMILES string of the molecule is CC(C)NC(=O)c1ccc(C(=O)NC(C)C)cc1.[HH].[HH]. The Morgan fingerprint density at radius 1 is 0.833 bits per heavy atom. The van der Waals surface area contributed by atoms with E-state index in [0.717, 1.165) is 0 Å². The van der Waals surface area contributed by atoms with Crippen molar-refractivity contribution in [2.24, 2.45) is 0 Å². The number of nitrogens with one attached hydrogen (secondary N) is 2. The molecule has 2 amide bonds. The van der Waals surface area contributed by atoms with Crippen molar-refractivity contribution in [3.05, 3.63) is 35.4 Å². The van der Waals surface area contributed by atoms with Gasteiger partial charge in [-0.15, -0.1) is 0 Å². The molecule has 1 aromatic rings. The average molecular weight is 252 g/mol. The van der Waals surface area contributed by atoms with Crippen molar-refractivity contribution in [1.82, 2.24) is 10.6 Å². The number of rotatable bonds is 4. The molecule has 0 aromatic heterocycles. The molecule has 4 nitrogen and oxygen atoms in total. The van der Waals surface area contributed by atoms with E-state index in [1.165, 1.54) is 0 Å². The molecule has 0 saturated heterocycles. The highest BCUT2D eigenvalue weighted by atomic mass is 16.2. The van der Waals surface area contributed by atoms with Crippen molar-refractivity contribution in [3.63, 3.8) is 0 Å². The molecule has 0 bridgehead atoms. The van der Waals surface area contributed by atoms with Crippen LogP contribution in [0.2, 0.25) is 0 Å². The summed E-state index contributed by atoms with van der Waals surface area (Å²) >= 11 is 0. The van der Waals surface area contributed by atoms with Gasteiger partial charge in [0.25, 0.3) is 11.8 Å². The van der Waals surface area contributed by atoms with Gasteiger partial charge in [-0.2, -0.15) is 0 Å². The van der Waals surface area contributed by atoms with Gasteiger partial charge in [-0.1, -0.05) is 0 Å². The normalized spacial score (nSPS) is 10.6.